The van der Waals surface area contributed by atoms with Crippen molar-refractivity contribution < 1.29 is 13.9 Å². The van der Waals surface area contributed by atoms with E-state index >= 15 is 0 Å². The van der Waals surface area contributed by atoms with E-state index in [0.717, 1.165) is 24.1 Å². The molecule has 0 saturated carbocycles. The fourth-order valence-electron chi connectivity index (χ4n) is 2.85. The first-order chi connectivity index (χ1) is 11.0. The second-order valence-electron chi connectivity index (χ2n) is 5.67. The number of amides is 1. The van der Waals surface area contributed by atoms with Crippen molar-refractivity contribution in [2.45, 2.75) is 25.8 Å². The van der Waals surface area contributed by atoms with Crippen LogP contribution in [0.15, 0.2) is 42.5 Å². The molecule has 1 amide bonds. The van der Waals surface area contributed by atoms with Crippen LogP contribution in [0.25, 0.3) is 0 Å². The van der Waals surface area contributed by atoms with Crippen LogP contribution in [-0.2, 0) is 11.2 Å². The summed E-state index contributed by atoms with van der Waals surface area (Å²) < 4.78 is 18.9. The van der Waals surface area contributed by atoms with Gasteiger partial charge in [0.2, 0.25) is 0 Å². The highest BCUT2D eigenvalue weighted by molar-refractivity contribution is 6.30. The van der Waals surface area contributed by atoms with E-state index in [4.69, 9.17) is 16.3 Å². The van der Waals surface area contributed by atoms with Gasteiger partial charge in [0.1, 0.15) is 11.6 Å². The number of fused-ring (bicyclic) bond motifs is 1. The number of ether oxygens (including phenoxy) is 1. The number of nitrogens with zero attached hydrogens (tertiary/aromatic N) is 1. The Labute approximate surface area is 139 Å². The van der Waals surface area contributed by atoms with E-state index in [1.54, 1.807) is 35.2 Å². The molecule has 0 saturated heterocycles. The molecule has 1 aliphatic rings. The molecule has 2 aromatic rings. The average Bonchev–Trinajstić information content (AvgIpc) is 2.54. The molecule has 1 heterocycles. The number of halogens is 2. The fourth-order valence-corrected chi connectivity index (χ4v) is 2.97. The Hall–Kier alpha value is -2.07. The maximum Gasteiger partial charge on any atom is 0.265 e. The Balaban J connectivity index is 1.75. The topological polar surface area (TPSA) is 29.5 Å². The van der Waals surface area contributed by atoms with E-state index in [1.807, 2.05) is 6.92 Å². The van der Waals surface area contributed by atoms with Crippen molar-refractivity contribution in [3.63, 3.8) is 0 Å². The molecule has 1 aliphatic heterocycles. The Morgan fingerprint density at radius 2 is 2.04 bits per heavy atom. The maximum absolute atomic E-state index is 13.4. The lowest BCUT2D eigenvalue weighted by atomic mass is 9.96. The van der Waals surface area contributed by atoms with Gasteiger partial charge in [-0.2, -0.15) is 0 Å². The van der Waals surface area contributed by atoms with Gasteiger partial charge in [0.05, 0.1) is 0 Å². The zero-order valence-corrected chi connectivity index (χ0v) is 13.5. The van der Waals surface area contributed by atoms with Crippen molar-refractivity contribution in [2.75, 3.05) is 11.5 Å². The van der Waals surface area contributed by atoms with Crippen molar-refractivity contribution in [2.24, 2.45) is 0 Å². The molecular weight excluding hydrogens is 317 g/mol. The van der Waals surface area contributed by atoms with Gasteiger partial charge in [-0.1, -0.05) is 11.6 Å². The molecule has 120 valence electrons. The number of aryl methyl sites for hydroxylation is 1. The smallest absolute Gasteiger partial charge is 0.265 e. The molecule has 0 fully saturated rings. The third kappa shape index (κ3) is 3.48. The molecule has 0 unspecified atom stereocenters. The Bertz CT molecular complexity index is 717. The summed E-state index contributed by atoms with van der Waals surface area (Å²) in [6, 6.07) is 11.5. The van der Waals surface area contributed by atoms with Gasteiger partial charge in [-0.25, -0.2) is 4.39 Å². The number of anilines is 1. The Morgan fingerprint density at radius 3 is 2.78 bits per heavy atom. The van der Waals surface area contributed by atoms with Crippen molar-refractivity contribution in [1.29, 1.82) is 0 Å². The van der Waals surface area contributed by atoms with Gasteiger partial charge in [0, 0.05) is 16.8 Å². The number of benzene rings is 2. The summed E-state index contributed by atoms with van der Waals surface area (Å²) in [5, 5.41) is 0.615. The van der Waals surface area contributed by atoms with Crippen LogP contribution < -0.4 is 9.64 Å². The molecule has 0 N–H and O–H groups in total. The minimum Gasteiger partial charge on any atom is -0.484 e. The number of hydrogen-bond donors (Lipinski definition) is 0. The van der Waals surface area contributed by atoms with Gasteiger partial charge < -0.3 is 9.64 Å². The fraction of sp³-hybridized carbons (Fsp3) is 0.278. The lowest BCUT2D eigenvalue weighted by Crippen LogP contribution is -2.44. The molecule has 23 heavy (non-hydrogen) atoms. The molecule has 3 rings (SSSR count). The van der Waals surface area contributed by atoms with Crippen LogP contribution in [0.1, 0.15) is 18.9 Å². The highest BCUT2D eigenvalue weighted by Gasteiger charge is 2.28. The average molecular weight is 334 g/mol. The van der Waals surface area contributed by atoms with Gasteiger partial charge in [-0.15, -0.1) is 0 Å². The first-order valence-corrected chi connectivity index (χ1v) is 7.91. The van der Waals surface area contributed by atoms with Crippen molar-refractivity contribution in [3.8, 4) is 5.75 Å². The molecule has 0 spiro atoms. The molecule has 3 nitrogen and oxygen atoms in total. The van der Waals surface area contributed by atoms with Gasteiger partial charge >= 0.3 is 0 Å². The van der Waals surface area contributed by atoms with Crippen molar-refractivity contribution >= 4 is 23.2 Å². The number of rotatable bonds is 3. The van der Waals surface area contributed by atoms with Gasteiger partial charge in [0.25, 0.3) is 5.91 Å². The van der Waals surface area contributed by atoms with Crippen LogP contribution in [0.3, 0.4) is 0 Å². The largest absolute Gasteiger partial charge is 0.484 e. The second kappa shape index (κ2) is 6.59. The number of carbonyl (C=O) groups is 1. The summed E-state index contributed by atoms with van der Waals surface area (Å²) in [6.45, 7) is 1.93. The minimum absolute atomic E-state index is 0.0641. The first-order valence-electron chi connectivity index (χ1n) is 7.53. The van der Waals surface area contributed by atoms with E-state index in [9.17, 15) is 9.18 Å². The lowest BCUT2D eigenvalue weighted by Gasteiger charge is -2.35. The Kier molecular flexibility index (Phi) is 4.53. The summed E-state index contributed by atoms with van der Waals surface area (Å²) in [6.07, 6.45) is 1.58. The van der Waals surface area contributed by atoms with Crippen LogP contribution in [0.5, 0.6) is 5.75 Å². The molecule has 1 atom stereocenters. The van der Waals surface area contributed by atoms with Gasteiger partial charge in [0.15, 0.2) is 6.61 Å². The summed E-state index contributed by atoms with van der Waals surface area (Å²) in [7, 11) is 0. The Morgan fingerprint density at radius 1 is 1.30 bits per heavy atom. The van der Waals surface area contributed by atoms with Gasteiger partial charge in [-0.05, 0) is 67.8 Å². The quantitative estimate of drug-likeness (QED) is 0.841. The summed E-state index contributed by atoms with van der Waals surface area (Å²) >= 11 is 5.82. The normalized spacial score (nSPS) is 16.8. The van der Waals surface area contributed by atoms with Crippen molar-refractivity contribution in [1.82, 2.24) is 0 Å². The third-order valence-corrected chi connectivity index (χ3v) is 4.27. The molecule has 0 aromatic heterocycles. The predicted molar refractivity (Wildman–Crippen MR) is 88.6 cm³/mol. The van der Waals surface area contributed by atoms with Crippen LogP contribution in [0, 0.1) is 5.82 Å². The van der Waals surface area contributed by atoms with Crippen LogP contribution in [0.2, 0.25) is 5.02 Å². The molecule has 0 aliphatic carbocycles. The molecule has 0 radical (unpaired) electrons. The van der Waals surface area contributed by atoms with E-state index in [2.05, 4.69) is 0 Å². The third-order valence-electron chi connectivity index (χ3n) is 4.02. The summed E-state index contributed by atoms with van der Waals surface area (Å²) in [5.41, 5.74) is 1.64. The first kappa shape index (κ1) is 15.8. The summed E-state index contributed by atoms with van der Waals surface area (Å²) in [4.78, 5) is 14.3. The zero-order chi connectivity index (χ0) is 16.4. The zero-order valence-electron chi connectivity index (χ0n) is 12.8. The van der Waals surface area contributed by atoms with E-state index in [-0.39, 0.29) is 24.4 Å². The number of carbonyl (C=O) groups excluding carboxylic acids is 1. The molecule has 0 bridgehead atoms. The van der Waals surface area contributed by atoms with E-state index < -0.39 is 0 Å². The predicted octanol–water partition coefficient (Wildman–Crippen LogP) is 4.23. The number of hydrogen-bond acceptors (Lipinski definition) is 2. The SMILES string of the molecule is C[C@H]1CCc2cc(F)ccc2N1C(=O)COc1ccc(Cl)cc1. The summed E-state index contributed by atoms with van der Waals surface area (Å²) in [5.74, 6) is 0.176. The van der Waals surface area contributed by atoms with Gasteiger partial charge in [-0.3, -0.25) is 4.79 Å². The molecule has 5 heteroatoms. The minimum atomic E-state index is -0.275. The van der Waals surface area contributed by atoms with Crippen LogP contribution in [0.4, 0.5) is 10.1 Å². The van der Waals surface area contributed by atoms with E-state index in [0.29, 0.717) is 10.8 Å². The molecule has 2 aromatic carbocycles. The highest BCUT2D eigenvalue weighted by Crippen LogP contribution is 2.31. The second-order valence-corrected chi connectivity index (χ2v) is 6.10. The monoisotopic (exact) mass is 333 g/mol. The standard InChI is InChI=1S/C18H17ClFNO2/c1-12-2-3-13-10-15(20)6-9-17(13)21(12)18(22)11-23-16-7-4-14(19)5-8-16/h4-10,12H,2-3,11H2,1H3/t12-/m0/s1. The van der Waals surface area contributed by atoms with Crippen molar-refractivity contribution in [3.05, 3.63) is 58.9 Å². The lowest BCUT2D eigenvalue weighted by molar-refractivity contribution is -0.121. The maximum atomic E-state index is 13.4. The van der Waals surface area contributed by atoms with Crippen LogP contribution in [-0.4, -0.2) is 18.6 Å². The highest BCUT2D eigenvalue weighted by atomic mass is 35.5. The van der Waals surface area contributed by atoms with E-state index in [1.165, 1.54) is 12.1 Å². The van der Waals surface area contributed by atoms with Crippen LogP contribution >= 0.6 is 11.6 Å². The molecular formula is C18H17ClFNO2.